The molecular weight excluding hydrogens is 232 g/mol. The van der Waals surface area contributed by atoms with Crippen molar-refractivity contribution >= 4 is 5.69 Å². The molecule has 94 valence electrons. The first kappa shape index (κ1) is 12.1. The van der Waals surface area contributed by atoms with Gasteiger partial charge in [-0.3, -0.25) is 14.3 Å². The molecule has 0 aromatic carbocycles. The summed E-state index contributed by atoms with van der Waals surface area (Å²) >= 11 is 0. The van der Waals surface area contributed by atoms with Crippen molar-refractivity contribution < 1.29 is 0 Å². The Balaban J connectivity index is 2.30. The standard InChI is InChI=1S/C12H14N4O2/c1-15-8-10(13)11(17)16(12(15)18)7-4-9-2-5-14-6-3-9/h2-3,5-6,8H,4,7,13H2,1H3. The Kier molecular flexibility index (Phi) is 3.27. The van der Waals surface area contributed by atoms with E-state index in [0.29, 0.717) is 13.0 Å². The van der Waals surface area contributed by atoms with Gasteiger partial charge in [-0.2, -0.15) is 0 Å². The van der Waals surface area contributed by atoms with Gasteiger partial charge in [0.15, 0.2) is 0 Å². The number of hydrogen-bond donors (Lipinski definition) is 1. The number of nitrogens with two attached hydrogens (primary N) is 1. The highest BCUT2D eigenvalue weighted by Gasteiger charge is 2.07. The van der Waals surface area contributed by atoms with Gasteiger partial charge < -0.3 is 10.3 Å². The minimum atomic E-state index is -0.438. The number of hydrogen-bond acceptors (Lipinski definition) is 4. The van der Waals surface area contributed by atoms with Crippen LogP contribution in [0.2, 0.25) is 0 Å². The van der Waals surface area contributed by atoms with E-state index >= 15 is 0 Å². The molecule has 0 spiro atoms. The van der Waals surface area contributed by atoms with E-state index in [2.05, 4.69) is 4.98 Å². The van der Waals surface area contributed by atoms with Gasteiger partial charge in [-0.05, 0) is 24.1 Å². The fourth-order valence-corrected chi connectivity index (χ4v) is 1.74. The van der Waals surface area contributed by atoms with Crippen molar-refractivity contribution in [3.8, 4) is 0 Å². The molecule has 0 saturated heterocycles. The molecule has 2 aromatic rings. The van der Waals surface area contributed by atoms with Gasteiger partial charge in [-0.15, -0.1) is 0 Å². The highest BCUT2D eigenvalue weighted by molar-refractivity contribution is 5.30. The summed E-state index contributed by atoms with van der Waals surface area (Å²) in [7, 11) is 1.57. The minimum absolute atomic E-state index is 0.0758. The average molecular weight is 246 g/mol. The molecule has 0 atom stereocenters. The largest absolute Gasteiger partial charge is 0.393 e. The molecule has 0 aliphatic heterocycles. The van der Waals surface area contributed by atoms with Crippen molar-refractivity contribution in [2.75, 3.05) is 5.73 Å². The van der Waals surface area contributed by atoms with Crippen LogP contribution in [0.25, 0.3) is 0 Å². The Morgan fingerprint density at radius 2 is 1.94 bits per heavy atom. The van der Waals surface area contributed by atoms with E-state index in [1.54, 1.807) is 19.4 Å². The van der Waals surface area contributed by atoms with Crippen molar-refractivity contribution in [1.82, 2.24) is 14.1 Å². The van der Waals surface area contributed by atoms with E-state index in [1.807, 2.05) is 12.1 Å². The topological polar surface area (TPSA) is 82.9 Å². The molecule has 6 heteroatoms. The molecule has 2 N–H and O–H groups in total. The molecule has 0 aliphatic carbocycles. The predicted molar refractivity (Wildman–Crippen MR) is 68.3 cm³/mol. The van der Waals surface area contributed by atoms with E-state index in [4.69, 9.17) is 5.73 Å². The first-order chi connectivity index (χ1) is 8.59. The summed E-state index contributed by atoms with van der Waals surface area (Å²) in [6, 6.07) is 3.70. The summed E-state index contributed by atoms with van der Waals surface area (Å²) in [5, 5.41) is 0. The lowest BCUT2D eigenvalue weighted by Gasteiger charge is -2.08. The lowest BCUT2D eigenvalue weighted by molar-refractivity contribution is 0.593. The Bertz CT molecular complexity index is 624. The summed E-state index contributed by atoms with van der Waals surface area (Å²) in [5.74, 6) is 0. The highest BCUT2D eigenvalue weighted by Crippen LogP contribution is 1.98. The van der Waals surface area contributed by atoms with Gasteiger partial charge in [0.25, 0.3) is 5.56 Å². The molecule has 0 unspecified atom stereocenters. The van der Waals surface area contributed by atoms with E-state index in [0.717, 1.165) is 10.1 Å². The van der Waals surface area contributed by atoms with E-state index in [9.17, 15) is 9.59 Å². The van der Waals surface area contributed by atoms with Crippen LogP contribution in [0.3, 0.4) is 0 Å². The smallest absolute Gasteiger partial charge is 0.330 e. The normalized spacial score (nSPS) is 10.5. The maximum Gasteiger partial charge on any atom is 0.330 e. The van der Waals surface area contributed by atoms with E-state index in [-0.39, 0.29) is 11.4 Å². The molecular formula is C12H14N4O2. The maximum atomic E-state index is 11.8. The lowest BCUT2D eigenvalue weighted by atomic mass is 10.2. The van der Waals surface area contributed by atoms with E-state index in [1.165, 1.54) is 10.8 Å². The fourth-order valence-electron chi connectivity index (χ4n) is 1.74. The molecule has 2 heterocycles. The van der Waals surface area contributed by atoms with Gasteiger partial charge in [0, 0.05) is 32.2 Å². The predicted octanol–water partition coefficient (Wildman–Crippen LogP) is -0.233. The van der Waals surface area contributed by atoms with Gasteiger partial charge in [-0.25, -0.2) is 4.79 Å². The summed E-state index contributed by atoms with van der Waals surface area (Å²) in [6.07, 6.45) is 5.28. The van der Waals surface area contributed by atoms with Gasteiger partial charge >= 0.3 is 5.69 Å². The molecule has 0 radical (unpaired) electrons. The molecule has 0 fully saturated rings. The van der Waals surface area contributed by atoms with E-state index < -0.39 is 5.56 Å². The zero-order valence-corrected chi connectivity index (χ0v) is 10.0. The van der Waals surface area contributed by atoms with Crippen LogP contribution < -0.4 is 17.0 Å². The van der Waals surface area contributed by atoms with Crippen molar-refractivity contribution in [2.24, 2.45) is 7.05 Å². The van der Waals surface area contributed by atoms with Crippen molar-refractivity contribution in [3.63, 3.8) is 0 Å². The van der Waals surface area contributed by atoms with Crippen LogP contribution >= 0.6 is 0 Å². The minimum Gasteiger partial charge on any atom is -0.393 e. The maximum absolute atomic E-state index is 11.8. The molecule has 18 heavy (non-hydrogen) atoms. The fraction of sp³-hybridized carbons (Fsp3) is 0.250. The number of aryl methyl sites for hydroxylation is 2. The summed E-state index contributed by atoms with van der Waals surface area (Å²) in [6.45, 7) is 0.306. The lowest BCUT2D eigenvalue weighted by Crippen LogP contribution is -2.40. The van der Waals surface area contributed by atoms with Crippen LogP contribution in [0.15, 0.2) is 40.3 Å². The Hall–Kier alpha value is -2.37. The van der Waals surface area contributed by atoms with Gasteiger partial charge in [0.1, 0.15) is 5.69 Å². The number of nitrogen functional groups attached to an aromatic ring is 1. The quantitative estimate of drug-likeness (QED) is 0.810. The van der Waals surface area contributed by atoms with Crippen molar-refractivity contribution in [3.05, 3.63) is 57.1 Å². The number of anilines is 1. The number of pyridine rings is 1. The van der Waals surface area contributed by atoms with Gasteiger partial charge in [0.05, 0.1) is 0 Å². The molecule has 0 amide bonds. The molecule has 6 nitrogen and oxygen atoms in total. The zero-order valence-electron chi connectivity index (χ0n) is 10.0. The number of aromatic nitrogens is 3. The van der Waals surface area contributed by atoms with Crippen molar-refractivity contribution in [2.45, 2.75) is 13.0 Å². The number of nitrogens with zero attached hydrogens (tertiary/aromatic N) is 3. The number of rotatable bonds is 3. The van der Waals surface area contributed by atoms with Crippen LogP contribution in [0.4, 0.5) is 5.69 Å². The van der Waals surface area contributed by atoms with Crippen LogP contribution in [0.5, 0.6) is 0 Å². The van der Waals surface area contributed by atoms with Crippen LogP contribution in [0.1, 0.15) is 5.56 Å². The first-order valence-electron chi connectivity index (χ1n) is 5.54. The summed E-state index contributed by atoms with van der Waals surface area (Å²) in [5.41, 5.74) is 5.85. The van der Waals surface area contributed by atoms with Crippen molar-refractivity contribution in [1.29, 1.82) is 0 Å². The molecule has 2 aromatic heterocycles. The van der Waals surface area contributed by atoms with Gasteiger partial charge in [-0.1, -0.05) is 0 Å². The molecule has 0 aliphatic rings. The third kappa shape index (κ3) is 2.32. The Morgan fingerprint density at radius 3 is 2.61 bits per heavy atom. The van der Waals surface area contributed by atoms with Crippen LogP contribution in [-0.2, 0) is 20.0 Å². The Morgan fingerprint density at radius 1 is 1.28 bits per heavy atom. The second-order valence-electron chi connectivity index (χ2n) is 4.04. The second kappa shape index (κ2) is 4.87. The average Bonchev–Trinajstić information content (AvgIpc) is 2.38. The Labute approximate surface area is 103 Å². The summed E-state index contributed by atoms with van der Waals surface area (Å²) in [4.78, 5) is 27.5. The molecule has 2 rings (SSSR count). The molecule has 0 bridgehead atoms. The van der Waals surface area contributed by atoms with Gasteiger partial charge in [0.2, 0.25) is 0 Å². The van der Waals surface area contributed by atoms with Crippen LogP contribution in [0, 0.1) is 0 Å². The third-order valence-corrected chi connectivity index (χ3v) is 2.73. The first-order valence-corrected chi connectivity index (χ1v) is 5.54. The third-order valence-electron chi connectivity index (χ3n) is 2.73. The monoisotopic (exact) mass is 246 g/mol. The van der Waals surface area contributed by atoms with Crippen LogP contribution in [-0.4, -0.2) is 14.1 Å². The molecule has 0 saturated carbocycles. The zero-order chi connectivity index (χ0) is 13.1. The highest BCUT2D eigenvalue weighted by atomic mass is 16.2. The summed E-state index contributed by atoms with van der Waals surface area (Å²) < 4.78 is 2.46. The SMILES string of the molecule is Cn1cc(N)c(=O)n(CCc2ccncc2)c1=O. The second-order valence-corrected chi connectivity index (χ2v) is 4.04.